The summed E-state index contributed by atoms with van der Waals surface area (Å²) in [6, 6.07) is 7.16. The topological polar surface area (TPSA) is 81.4 Å². The molecule has 0 radical (unpaired) electrons. The highest BCUT2D eigenvalue weighted by atomic mass is 32.1. The third-order valence-electron chi connectivity index (χ3n) is 3.63. The number of hydrogen-bond acceptors (Lipinski definition) is 5. The maximum absolute atomic E-state index is 12.6. The van der Waals surface area contributed by atoms with E-state index in [0.717, 1.165) is 5.56 Å². The first-order valence-corrected chi connectivity index (χ1v) is 7.74. The molecule has 0 unspecified atom stereocenters. The van der Waals surface area contributed by atoms with Gasteiger partial charge in [0.15, 0.2) is 0 Å². The zero-order chi connectivity index (χ0) is 16.6. The Hall–Kier alpha value is -2.67. The van der Waals surface area contributed by atoms with E-state index in [2.05, 4.69) is 4.37 Å². The van der Waals surface area contributed by atoms with E-state index in [9.17, 15) is 14.7 Å². The standard InChI is InChI=1S/C16H14N2O4S/c1-3-18-8-11(16(20)21)14(19)12-13(17-23-15(12)18)9-4-6-10(22-2)7-5-9/h4-8H,3H2,1-2H3,(H,20,21). The van der Waals surface area contributed by atoms with Crippen LogP contribution >= 0.6 is 11.5 Å². The fraction of sp³-hybridized carbons (Fsp3) is 0.188. The molecule has 1 N–H and O–H groups in total. The molecule has 0 saturated heterocycles. The van der Waals surface area contributed by atoms with Crippen LogP contribution in [0.2, 0.25) is 0 Å². The van der Waals surface area contributed by atoms with Gasteiger partial charge in [0.1, 0.15) is 16.1 Å². The van der Waals surface area contributed by atoms with Gasteiger partial charge < -0.3 is 14.4 Å². The Morgan fingerprint density at radius 3 is 2.61 bits per heavy atom. The Morgan fingerprint density at radius 1 is 1.35 bits per heavy atom. The van der Waals surface area contributed by atoms with Gasteiger partial charge in [0.05, 0.1) is 18.2 Å². The van der Waals surface area contributed by atoms with Gasteiger partial charge in [0.25, 0.3) is 0 Å². The van der Waals surface area contributed by atoms with Crippen LogP contribution in [0.4, 0.5) is 0 Å². The van der Waals surface area contributed by atoms with Crippen LogP contribution in [-0.4, -0.2) is 27.1 Å². The van der Waals surface area contributed by atoms with E-state index in [4.69, 9.17) is 4.74 Å². The molecule has 0 aliphatic heterocycles. The number of benzene rings is 1. The first-order valence-electron chi connectivity index (χ1n) is 6.97. The lowest BCUT2D eigenvalue weighted by Gasteiger charge is -2.06. The van der Waals surface area contributed by atoms with Gasteiger partial charge in [-0.1, -0.05) is 0 Å². The first kappa shape index (κ1) is 15.2. The maximum Gasteiger partial charge on any atom is 0.341 e. The van der Waals surface area contributed by atoms with E-state index in [0.29, 0.717) is 28.2 Å². The van der Waals surface area contributed by atoms with Crippen LogP contribution in [0.15, 0.2) is 35.3 Å². The molecule has 0 fully saturated rings. The van der Waals surface area contributed by atoms with Crippen LogP contribution in [0.1, 0.15) is 17.3 Å². The van der Waals surface area contributed by atoms with Crippen molar-refractivity contribution in [3.63, 3.8) is 0 Å². The van der Waals surface area contributed by atoms with Crippen molar-refractivity contribution in [3.8, 4) is 17.0 Å². The minimum Gasteiger partial charge on any atom is -0.497 e. The largest absolute Gasteiger partial charge is 0.497 e. The molecule has 0 bridgehead atoms. The molecule has 0 atom stereocenters. The van der Waals surface area contributed by atoms with Gasteiger partial charge in [-0.05, 0) is 42.7 Å². The summed E-state index contributed by atoms with van der Waals surface area (Å²) < 4.78 is 11.2. The summed E-state index contributed by atoms with van der Waals surface area (Å²) >= 11 is 1.19. The highest BCUT2D eigenvalue weighted by Crippen LogP contribution is 2.30. The maximum atomic E-state index is 12.6. The van der Waals surface area contributed by atoms with Crippen LogP contribution in [0.25, 0.3) is 21.5 Å². The molecule has 3 rings (SSSR count). The van der Waals surface area contributed by atoms with Gasteiger partial charge in [-0.3, -0.25) is 4.79 Å². The SMILES string of the molecule is CCn1cc(C(=O)O)c(=O)c2c(-c3ccc(OC)cc3)nsc21. The second kappa shape index (κ2) is 5.85. The number of nitrogens with zero attached hydrogens (tertiary/aromatic N) is 2. The van der Waals surface area contributed by atoms with E-state index in [1.807, 2.05) is 6.92 Å². The van der Waals surface area contributed by atoms with Crippen LogP contribution in [0.5, 0.6) is 5.75 Å². The van der Waals surface area contributed by atoms with Crippen molar-refractivity contribution < 1.29 is 14.6 Å². The summed E-state index contributed by atoms with van der Waals surface area (Å²) in [5.41, 5.74) is 0.508. The number of aromatic carboxylic acids is 1. The first-order chi connectivity index (χ1) is 11.1. The van der Waals surface area contributed by atoms with E-state index >= 15 is 0 Å². The quantitative estimate of drug-likeness (QED) is 0.795. The molecule has 0 saturated carbocycles. The fourth-order valence-corrected chi connectivity index (χ4v) is 3.36. The zero-order valence-corrected chi connectivity index (χ0v) is 13.4. The molecule has 2 heterocycles. The number of hydrogen-bond donors (Lipinski definition) is 1. The molecule has 3 aromatic rings. The average molecular weight is 330 g/mol. The lowest BCUT2D eigenvalue weighted by atomic mass is 10.1. The number of aryl methyl sites for hydroxylation is 1. The number of carboxylic acids is 1. The summed E-state index contributed by atoms with van der Waals surface area (Å²) in [7, 11) is 1.58. The van der Waals surface area contributed by atoms with Gasteiger partial charge in [-0.25, -0.2) is 4.79 Å². The molecule has 23 heavy (non-hydrogen) atoms. The smallest absolute Gasteiger partial charge is 0.341 e. The predicted molar refractivity (Wildman–Crippen MR) is 88.5 cm³/mol. The van der Waals surface area contributed by atoms with Gasteiger partial charge in [-0.15, -0.1) is 0 Å². The van der Waals surface area contributed by atoms with Crippen LogP contribution in [0, 0.1) is 0 Å². The van der Waals surface area contributed by atoms with Gasteiger partial charge in [0, 0.05) is 18.3 Å². The number of carboxylic acid groups (broad SMARTS) is 1. The van der Waals surface area contributed by atoms with E-state index in [1.165, 1.54) is 17.7 Å². The lowest BCUT2D eigenvalue weighted by Crippen LogP contribution is -2.18. The number of rotatable bonds is 4. The summed E-state index contributed by atoms with van der Waals surface area (Å²) in [5, 5.41) is 9.61. The number of ether oxygens (including phenoxy) is 1. The molecule has 6 nitrogen and oxygen atoms in total. The number of aromatic nitrogens is 2. The van der Waals surface area contributed by atoms with Crippen LogP contribution in [-0.2, 0) is 6.54 Å². The highest BCUT2D eigenvalue weighted by molar-refractivity contribution is 7.13. The Bertz CT molecular complexity index is 941. The summed E-state index contributed by atoms with van der Waals surface area (Å²) in [6.07, 6.45) is 1.38. The molecule has 118 valence electrons. The summed E-state index contributed by atoms with van der Waals surface area (Å²) in [4.78, 5) is 24.6. The zero-order valence-electron chi connectivity index (χ0n) is 12.6. The lowest BCUT2D eigenvalue weighted by molar-refractivity contribution is 0.0695. The molecule has 0 spiro atoms. The van der Waals surface area contributed by atoms with Crippen LogP contribution in [0.3, 0.4) is 0 Å². The Morgan fingerprint density at radius 2 is 2.04 bits per heavy atom. The van der Waals surface area contributed by atoms with Gasteiger partial charge >= 0.3 is 5.97 Å². The van der Waals surface area contributed by atoms with E-state index < -0.39 is 11.4 Å². The average Bonchev–Trinajstić information content (AvgIpc) is 3.00. The third kappa shape index (κ3) is 2.49. The van der Waals surface area contributed by atoms with Gasteiger partial charge in [0.2, 0.25) is 5.43 Å². The Labute approximate surface area is 135 Å². The molecule has 1 aromatic carbocycles. The predicted octanol–water partition coefficient (Wildman–Crippen LogP) is 2.85. The summed E-state index contributed by atoms with van der Waals surface area (Å²) in [5.74, 6) is -0.531. The van der Waals surface area contributed by atoms with Crippen molar-refractivity contribution in [2.75, 3.05) is 7.11 Å². The second-order valence-corrected chi connectivity index (χ2v) is 5.65. The molecular formula is C16H14N2O4S. The number of fused-ring (bicyclic) bond motifs is 1. The van der Waals surface area contributed by atoms with E-state index in [1.54, 1.807) is 35.9 Å². The van der Waals surface area contributed by atoms with E-state index in [-0.39, 0.29) is 5.56 Å². The fourth-order valence-electron chi connectivity index (χ4n) is 2.42. The summed E-state index contributed by atoms with van der Waals surface area (Å²) in [6.45, 7) is 2.45. The minimum atomic E-state index is -1.23. The molecular weight excluding hydrogens is 316 g/mol. The monoisotopic (exact) mass is 330 g/mol. The number of carbonyl (C=O) groups is 1. The second-order valence-electron chi connectivity index (χ2n) is 4.90. The number of pyridine rings is 1. The highest BCUT2D eigenvalue weighted by Gasteiger charge is 2.20. The van der Waals surface area contributed by atoms with Crippen molar-refractivity contribution in [2.45, 2.75) is 13.5 Å². The van der Waals surface area contributed by atoms with Gasteiger partial charge in [-0.2, -0.15) is 4.37 Å². The molecule has 0 aliphatic rings. The molecule has 0 amide bonds. The number of methoxy groups -OCH3 is 1. The molecule has 7 heteroatoms. The Balaban J connectivity index is 2.32. The van der Waals surface area contributed by atoms with Crippen molar-refractivity contribution >= 4 is 27.7 Å². The minimum absolute atomic E-state index is 0.241. The van der Waals surface area contributed by atoms with Crippen molar-refractivity contribution in [3.05, 3.63) is 46.2 Å². The third-order valence-corrected chi connectivity index (χ3v) is 4.51. The van der Waals surface area contributed by atoms with Crippen molar-refractivity contribution in [2.24, 2.45) is 0 Å². The van der Waals surface area contributed by atoms with Crippen molar-refractivity contribution in [1.29, 1.82) is 0 Å². The normalized spacial score (nSPS) is 10.9. The van der Waals surface area contributed by atoms with Crippen LogP contribution < -0.4 is 10.2 Å². The molecule has 0 aliphatic carbocycles. The van der Waals surface area contributed by atoms with Crippen molar-refractivity contribution in [1.82, 2.24) is 8.94 Å². The Kier molecular flexibility index (Phi) is 3.87. The molecule has 2 aromatic heterocycles.